The van der Waals surface area contributed by atoms with Crippen LogP contribution in [0, 0.1) is 5.92 Å². The number of ether oxygens (including phenoxy) is 1. The maximum Gasteiger partial charge on any atom is 0.230 e. The van der Waals surface area contributed by atoms with Gasteiger partial charge in [-0.1, -0.05) is 18.3 Å². The van der Waals surface area contributed by atoms with Crippen molar-refractivity contribution in [1.82, 2.24) is 15.2 Å². The number of thiazole rings is 1. The van der Waals surface area contributed by atoms with E-state index in [1.54, 1.807) is 18.4 Å². The Morgan fingerprint density at radius 3 is 2.67 bits per heavy atom. The van der Waals surface area contributed by atoms with Gasteiger partial charge in [-0.05, 0) is 44.9 Å². The summed E-state index contributed by atoms with van der Waals surface area (Å²) in [6, 6.07) is 0. The summed E-state index contributed by atoms with van der Waals surface area (Å²) < 4.78 is 5.37. The molecule has 0 spiro atoms. The molecule has 1 aliphatic rings. The maximum absolute atomic E-state index is 5.37. The first kappa shape index (κ1) is 16.5. The van der Waals surface area contributed by atoms with E-state index in [1.165, 1.54) is 37.4 Å². The van der Waals surface area contributed by atoms with Gasteiger partial charge in [-0.25, -0.2) is 0 Å². The molecule has 0 bridgehead atoms. The van der Waals surface area contributed by atoms with Crippen LogP contribution in [0.1, 0.15) is 24.6 Å². The second kappa shape index (κ2) is 7.96. The van der Waals surface area contributed by atoms with E-state index < -0.39 is 0 Å². The number of methoxy groups -OCH3 is 1. The van der Waals surface area contributed by atoms with E-state index in [4.69, 9.17) is 4.74 Å². The molecular formula is C15H28N4OS. The summed E-state index contributed by atoms with van der Waals surface area (Å²) in [5, 5.41) is 4.58. The molecule has 1 aromatic heterocycles. The van der Waals surface area contributed by atoms with Crippen molar-refractivity contribution < 1.29 is 4.74 Å². The topological polar surface area (TPSA) is 40.6 Å². The minimum Gasteiger partial charge on any atom is -0.480 e. The van der Waals surface area contributed by atoms with Gasteiger partial charge < -0.3 is 19.9 Å². The number of aromatic nitrogens is 1. The number of nitrogens with one attached hydrogen (secondary N) is 1. The third kappa shape index (κ3) is 4.56. The summed E-state index contributed by atoms with van der Waals surface area (Å²) in [5.74, 6) is 1.57. The zero-order chi connectivity index (χ0) is 15.2. The van der Waals surface area contributed by atoms with Gasteiger partial charge in [0.2, 0.25) is 5.88 Å². The monoisotopic (exact) mass is 312 g/mol. The maximum atomic E-state index is 5.37. The fourth-order valence-electron chi connectivity index (χ4n) is 2.68. The van der Waals surface area contributed by atoms with Crippen LogP contribution in [0.3, 0.4) is 0 Å². The minimum atomic E-state index is 0.761. The third-order valence-corrected chi connectivity index (χ3v) is 5.30. The summed E-state index contributed by atoms with van der Waals surface area (Å²) in [6.07, 6.45) is 2.62. The Balaban J connectivity index is 1.78. The first-order valence-corrected chi connectivity index (χ1v) is 8.59. The zero-order valence-electron chi connectivity index (χ0n) is 13.7. The van der Waals surface area contributed by atoms with Gasteiger partial charge in [0, 0.05) is 20.6 Å². The lowest BCUT2D eigenvalue weighted by molar-refractivity contribution is 0.190. The molecule has 6 heteroatoms. The molecule has 0 atom stereocenters. The van der Waals surface area contributed by atoms with E-state index in [-0.39, 0.29) is 0 Å². The quantitative estimate of drug-likeness (QED) is 0.834. The molecule has 0 unspecified atom stereocenters. The Hall–Kier alpha value is -0.850. The SMILES string of the molecule is CCN1CCC(CNCc2sc(N(C)C)nc2OC)CC1. The van der Waals surface area contributed by atoms with Crippen LogP contribution in [0.25, 0.3) is 0 Å². The second-order valence-electron chi connectivity index (χ2n) is 5.83. The number of piperidine rings is 1. The van der Waals surface area contributed by atoms with E-state index in [1.807, 2.05) is 19.0 Å². The molecule has 0 amide bonds. The summed E-state index contributed by atoms with van der Waals surface area (Å²) in [6.45, 7) is 7.87. The molecule has 1 aliphatic heterocycles. The highest BCUT2D eigenvalue weighted by atomic mass is 32.1. The average molecular weight is 312 g/mol. The van der Waals surface area contributed by atoms with Crippen molar-refractivity contribution in [2.24, 2.45) is 5.92 Å². The fraction of sp³-hybridized carbons (Fsp3) is 0.800. The van der Waals surface area contributed by atoms with E-state index in [9.17, 15) is 0 Å². The molecule has 0 radical (unpaired) electrons. The predicted molar refractivity (Wildman–Crippen MR) is 89.5 cm³/mol. The van der Waals surface area contributed by atoms with Crippen molar-refractivity contribution in [2.75, 3.05) is 52.3 Å². The molecule has 2 heterocycles. The number of likely N-dealkylation sites (tertiary alicyclic amines) is 1. The van der Waals surface area contributed by atoms with Crippen LogP contribution >= 0.6 is 11.3 Å². The Morgan fingerprint density at radius 1 is 1.38 bits per heavy atom. The normalized spacial score (nSPS) is 17.1. The number of hydrogen-bond donors (Lipinski definition) is 1. The highest BCUT2D eigenvalue weighted by Crippen LogP contribution is 2.30. The highest BCUT2D eigenvalue weighted by Gasteiger charge is 2.18. The largest absolute Gasteiger partial charge is 0.480 e. The van der Waals surface area contributed by atoms with E-state index >= 15 is 0 Å². The first-order valence-electron chi connectivity index (χ1n) is 7.78. The predicted octanol–water partition coefficient (Wildman–Crippen LogP) is 2.04. The number of nitrogens with zero attached hydrogens (tertiary/aromatic N) is 3. The van der Waals surface area contributed by atoms with Gasteiger partial charge in [-0.3, -0.25) is 0 Å². The van der Waals surface area contributed by atoms with Gasteiger partial charge in [0.05, 0.1) is 12.0 Å². The molecule has 0 aliphatic carbocycles. The Labute approximate surface area is 132 Å². The lowest BCUT2D eigenvalue weighted by atomic mass is 9.97. The molecule has 1 aromatic rings. The van der Waals surface area contributed by atoms with Gasteiger partial charge >= 0.3 is 0 Å². The van der Waals surface area contributed by atoms with Crippen molar-refractivity contribution in [3.05, 3.63) is 4.88 Å². The molecule has 1 fully saturated rings. The average Bonchev–Trinajstić information content (AvgIpc) is 2.91. The molecule has 0 saturated carbocycles. The Morgan fingerprint density at radius 2 is 2.10 bits per heavy atom. The van der Waals surface area contributed by atoms with Gasteiger partial charge in [-0.2, -0.15) is 4.98 Å². The second-order valence-corrected chi connectivity index (χ2v) is 6.89. The lowest BCUT2D eigenvalue weighted by Crippen LogP contribution is -2.36. The van der Waals surface area contributed by atoms with Crippen LogP contribution in [0.5, 0.6) is 5.88 Å². The first-order chi connectivity index (χ1) is 10.1. The van der Waals surface area contributed by atoms with Crippen LogP contribution in [0.2, 0.25) is 0 Å². The van der Waals surface area contributed by atoms with Crippen LogP contribution in [0.15, 0.2) is 0 Å². The van der Waals surface area contributed by atoms with Crippen molar-refractivity contribution in [3.8, 4) is 5.88 Å². The molecular weight excluding hydrogens is 284 g/mol. The minimum absolute atomic E-state index is 0.761. The van der Waals surface area contributed by atoms with Crippen LogP contribution in [0.4, 0.5) is 5.13 Å². The molecule has 120 valence electrons. The van der Waals surface area contributed by atoms with Crippen molar-refractivity contribution >= 4 is 16.5 Å². The van der Waals surface area contributed by atoms with Crippen molar-refractivity contribution in [2.45, 2.75) is 26.3 Å². The molecule has 0 aromatic carbocycles. The Kier molecular flexibility index (Phi) is 6.26. The van der Waals surface area contributed by atoms with Gasteiger partial charge in [0.25, 0.3) is 0 Å². The van der Waals surface area contributed by atoms with E-state index in [2.05, 4.69) is 22.1 Å². The third-order valence-electron chi connectivity index (χ3n) is 4.10. The van der Waals surface area contributed by atoms with Gasteiger partial charge in [0.15, 0.2) is 5.13 Å². The molecule has 5 nitrogen and oxygen atoms in total. The van der Waals surface area contributed by atoms with Crippen LogP contribution in [-0.4, -0.2) is 57.3 Å². The number of hydrogen-bond acceptors (Lipinski definition) is 6. The standard InChI is InChI=1S/C15H28N4OS/c1-5-19-8-6-12(7-9-19)10-16-11-13-14(20-4)17-15(21-13)18(2)3/h12,16H,5-11H2,1-4H3. The highest BCUT2D eigenvalue weighted by molar-refractivity contribution is 7.15. The summed E-state index contributed by atoms with van der Waals surface area (Å²) in [7, 11) is 5.71. The number of anilines is 1. The van der Waals surface area contributed by atoms with E-state index in [0.29, 0.717) is 0 Å². The number of rotatable bonds is 7. The van der Waals surface area contributed by atoms with Crippen LogP contribution < -0.4 is 15.0 Å². The van der Waals surface area contributed by atoms with E-state index in [0.717, 1.165) is 30.0 Å². The molecule has 1 saturated heterocycles. The van der Waals surface area contributed by atoms with Gasteiger partial charge in [-0.15, -0.1) is 0 Å². The van der Waals surface area contributed by atoms with Crippen LogP contribution in [-0.2, 0) is 6.54 Å². The zero-order valence-corrected chi connectivity index (χ0v) is 14.5. The molecule has 21 heavy (non-hydrogen) atoms. The van der Waals surface area contributed by atoms with Gasteiger partial charge in [0.1, 0.15) is 0 Å². The molecule has 1 N–H and O–H groups in total. The van der Waals surface area contributed by atoms with Crippen molar-refractivity contribution in [3.63, 3.8) is 0 Å². The fourth-order valence-corrected chi connectivity index (χ4v) is 3.61. The summed E-state index contributed by atoms with van der Waals surface area (Å²) >= 11 is 1.70. The summed E-state index contributed by atoms with van der Waals surface area (Å²) in [4.78, 5) is 10.2. The smallest absolute Gasteiger partial charge is 0.230 e. The lowest BCUT2D eigenvalue weighted by Gasteiger charge is -2.31. The van der Waals surface area contributed by atoms with Crippen molar-refractivity contribution in [1.29, 1.82) is 0 Å². The summed E-state index contributed by atoms with van der Waals surface area (Å²) in [5.41, 5.74) is 0. The Bertz CT molecular complexity index is 427. The molecule has 2 rings (SSSR count).